The molecular formula is C18H16N2O2. The SMILES string of the molecule is C=C1CCC(N2C(=O)c3cc(C)cc4cccc2c34)C(=O)N1. The van der Waals surface area contributed by atoms with Gasteiger partial charge in [-0.3, -0.25) is 14.5 Å². The summed E-state index contributed by atoms with van der Waals surface area (Å²) in [5, 5.41) is 4.77. The summed E-state index contributed by atoms with van der Waals surface area (Å²) < 4.78 is 0. The number of hydrogen-bond donors (Lipinski definition) is 1. The third kappa shape index (κ3) is 1.70. The molecule has 2 aromatic rings. The van der Waals surface area contributed by atoms with Crippen molar-refractivity contribution < 1.29 is 9.59 Å². The van der Waals surface area contributed by atoms with Crippen LogP contribution >= 0.6 is 0 Å². The average molecular weight is 292 g/mol. The molecule has 2 amide bonds. The average Bonchev–Trinajstić information content (AvgIpc) is 2.74. The van der Waals surface area contributed by atoms with E-state index in [0.717, 1.165) is 27.7 Å². The van der Waals surface area contributed by atoms with Gasteiger partial charge in [-0.2, -0.15) is 0 Å². The van der Waals surface area contributed by atoms with E-state index in [0.29, 0.717) is 18.4 Å². The molecule has 4 nitrogen and oxygen atoms in total. The van der Waals surface area contributed by atoms with Gasteiger partial charge in [0.05, 0.1) is 11.3 Å². The third-order valence-electron chi connectivity index (χ3n) is 4.44. The quantitative estimate of drug-likeness (QED) is 0.878. The van der Waals surface area contributed by atoms with Crippen molar-refractivity contribution in [1.82, 2.24) is 5.32 Å². The van der Waals surface area contributed by atoms with Gasteiger partial charge in [-0.05, 0) is 42.8 Å². The van der Waals surface area contributed by atoms with E-state index in [4.69, 9.17) is 0 Å². The molecule has 2 aliphatic heterocycles. The molecule has 2 aromatic carbocycles. The number of carbonyl (C=O) groups excluding carboxylic acids is 2. The zero-order valence-electron chi connectivity index (χ0n) is 12.3. The highest BCUT2D eigenvalue weighted by Crippen LogP contribution is 2.40. The van der Waals surface area contributed by atoms with Crippen LogP contribution in [-0.4, -0.2) is 17.9 Å². The fourth-order valence-electron chi connectivity index (χ4n) is 3.48. The van der Waals surface area contributed by atoms with Crippen molar-refractivity contribution in [3.63, 3.8) is 0 Å². The smallest absolute Gasteiger partial charge is 0.259 e. The highest BCUT2D eigenvalue weighted by atomic mass is 16.2. The second kappa shape index (κ2) is 4.44. The van der Waals surface area contributed by atoms with Crippen molar-refractivity contribution in [3.8, 4) is 0 Å². The van der Waals surface area contributed by atoms with E-state index >= 15 is 0 Å². The molecule has 0 radical (unpaired) electrons. The summed E-state index contributed by atoms with van der Waals surface area (Å²) >= 11 is 0. The fourth-order valence-corrected chi connectivity index (χ4v) is 3.48. The van der Waals surface area contributed by atoms with Crippen LogP contribution in [0.25, 0.3) is 10.8 Å². The van der Waals surface area contributed by atoms with Crippen molar-refractivity contribution in [2.75, 3.05) is 4.90 Å². The van der Waals surface area contributed by atoms with Crippen LogP contribution in [0.2, 0.25) is 0 Å². The van der Waals surface area contributed by atoms with E-state index in [2.05, 4.69) is 18.0 Å². The molecule has 1 atom stereocenters. The molecular weight excluding hydrogens is 276 g/mol. The second-order valence-electron chi connectivity index (χ2n) is 6.01. The Hall–Kier alpha value is -2.62. The maximum atomic E-state index is 12.9. The molecule has 1 unspecified atom stereocenters. The number of hydrogen-bond acceptors (Lipinski definition) is 2. The van der Waals surface area contributed by atoms with Gasteiger partial charge in [0.2, 0.25) is 5.91 Å². The fraction of sp³-hybridized carbons (Fsp3) is 0.222. The standard InChI is InChI=1S/C18H16N2O2/c1-10-8-12-4-3-5-14-16(12)13(9-10)18(22)20(14)15-7-6-11(2)19-17(15)21/h3-5,8-9,15H,2,6-7H2,1H3,(H,19,21). The number of rotatable bonds is 1. The topological polar surface area (TPSA) is 49.4 Å². The minimum atomic E-state index is -0.462. The van der Waals surface area contributed by atoms with Gasteiger partial charge >= 0.3 is 0 Å². The van der Waals surface area contributed by atoms with Crippen molar-refractivity contribution in [3.05, 3.63) is 53.7 Å². The lowest BCUT2D eigenvalue weighted by Crippen LogP contribution is -2.51. The monoisotopic (exact) mass is 292 g/mol. The Bertz CT molecular complexity index is 854. The molecule has 22 heavy (non-hydrogen) atoms. The largest absolute Gasteiger partial charge is 0.329 e. The van der Waals surface area contributed by atoms with Crippen LogP contribution in [-0.2, 0) is 4.79 Å². The first-order valence-corrected chi connectivity index (χ1v) is 7.42. The summed E-state index contributed by atoms with van der Waals surface area (Å²) in [6.07, 6.45) is 1.31. The van der Waals surface area contributed by atoms with E-state index in [-0.39, 0.29) is 11.8 Å². The third-order valence-corrected chi connectivity index (χ3v) is 4.44. The number of piperidine rings is 1. The summed E-state index contributed by atoms with van der Waals surface area (Å²) in [5.74, 6) is -0.228. The molecule has 0 bridgehead atoms. The Morgan fingerprint density at radius 2 is 2.09 bits per heavy atom. The number of benzene rings is 2. The van der Waals surface area contributed by atoms with Crippen molar-refractivity contribution in [1.29, 1.82) is 0 Å². The Morgan fingerprint density at radius 3 is 2.86 bits per heavy atom. The molecule has 110 valence electrons. The van der Waals surface area contributed by atoms with Crippen LogP contribution in [0, 0.1) is 6.92 Å². The van der Waals surface area contributed by atoms with Gasteiger partial charge < -0.3 is 5.32 Å². The molecule has 0 aliphatic carbocycles. The Labute approximate surface area is 128 Å². The second-order valence-corrected chi connectivity index (χ2v) is 6.01. The first-order chi connectivity index (χ1) is 10.6. The lowest BCUT2D eigenvalue weighted by molar-refractivity contribution is -0.122. The Morgan fingerprint density at radius 1 is 1.27 bits per heavy atom. The zero-order valence-corrected chi connectivity index (χ0v) is 12.3. The van der Waals surface area contributed by atoms with E-state index in [1.165, 1.54) is 0 Å². The Kier molecular flexibility index (Phi) is 2.64. The van der Waals surface area contributed by atoms with Crippen LogP contribution in [0.15, 0.2) is 42.6 Å². The molecule has 0 aromatic heterocycles. The van der Waals surface area contributed by atoms with Gasteiger partial charge in [0.25, 0.3) is 5.91 Å². The lowest BCUT2D eigenvalue weighted by Gasteiger charge is -2.31. The number of allylic oxidation sites excluding steroid dienone is 1. The normalized spacial score (nSPS) is 20.7. The molecule has 1 saturated heterocycles. The summed E-state index contributed by atoms with van der Waals surface area (Å²) in [6.45, 7) is 5.78. The van der Waals surface area contributed by atoms with E-state index in [9.17, 15) is 9.59 Å². The van der Waals surface area contributed by atoms with E-state index in [1.54, 1.807) is 4.90 Å². The first-order valence-electron chi connectivity index (χ1n) is 7.42. The number of nitrogens with zero attached hydrogens (tertiary/aromatic N) is 1. The maximum absolute atomic E-state index is 12.9. The van der Waals surface area contributed by atoms with Crippen molar-refractivity contribution in [2.45, 2.75) is 25.8 Å². The summed E-state index contributed by atoms with van der Waals surface area (Å²) in [6, 6.07) is 9.39. The van der Waals surface area contributed by atoms with Gasteiger partial charge in [-0.1, -0.05) is 24.8 Å². The van der Waals surface area contributed by atoms with Crippen LogP contribution in [0.3, 0.4) is 0 Å². The molecule has 2 aliphatic rings. The lowest BCUT2D eigenvalue weighted by atomic mass is 10.0. The highest BCUT2D eigenvalue weighted by Gasteiger charge is 2.39. The molecule has 2 heterocycles. The number of anilines is 1. The summed E-state index contributed by atoms with van der Waals surface area (Å²) in [7, 11) is 0. The predicted molar refractivity (Wildman–Crippen MR) is 85.8 cm³/mol. The van der Waals surface area contributed by atoms with Gasteiger partial charge in [0.1, 0.15) is 6.04 Å². The number of aryl methyl sites for hydroxylation is 1. The predicted octanol–water partition coefficient (Wildman–Crippen LogP) is 2.90. The number of carbonyl (C=O) groups is 2. The highest BCUT2D eigenvalue weighted by molar-refractivity contribution is 6.26. The number of nitrogens with one attached hydrogen (secondary N) is 1. The van der Waals surface area contributed by atoms with E-state index < -0.39 is 6.04 Å². The van der Waals surface area contributed by atoms with Gasteiger partial charge in [0.15, 0.2) is 0 Å². The van der Waals surface area contributed by atoms with Gasteiger partial charge in [-0.25, -0.2) is 0 Å². The van der Waals surface area contributed by atoms with Gasteiger partial charge in [0, 0.05) is 11.1 Å². The van der Waals surface area contributed by atoms with Crippen LogP contribution in [0.5, 0.6) is 0 Å². The molecule has 0 saturated carbocycles. The molecule has 1 fully saturated rings. The summed E-state index contributed by atoms with van der Waals surface area (Å²) in [4.78, 5) is 26.8. The van der Waals surface area contributed by atoms with Crippen LogP contribution < -0.4 is 10.2 Å². The minimum absolute atomic E-state index is 0.0810. The Balaban J connectivity index is 1.88. The minimum Gasteiger partial charge on any atom is -0.329 e. The van der Waals surface area contributed by atoms with Crippen molar-refractivity contribution in [2.24, 2.45) is 0 Å². The van der Waals surface area contributed by atoms with E-state index in [1.807, 2.05) is 31.2 Å². The summed E-state index contributed by atoms with van der Waals surface area (Å²) in [5.41, 5.74) is 3.31. The maximum Gasteiger partial charge on any atom is 0.259 e. The van der Waals surface area contributed by atoms with Crippen LogP contribution in [0.1, 0.15) is 28.8 Å². The zero-order chi connectivity index (χ0) is 15.4. The number of amides is 2. The van der Waals surface area contributed by atoms with Gasteiger partial charge in [-0.15, -0.1) is 0 Å². The molecule has 1 N–H and O–H groups in total. The molecule has 0 spiro atoms. The van der Waals surface area contributed by atoms with Crippen molar-refractivity contribution >= 4 is 28.3 Å². The molecule has 4 heteroatoms. The van der Waals surface area contributed by atoms with Crippen LogP contribution in [0.4, 0.5) is 5.69 Å². The first kappa shape index (κ1) is 13.1. The molecule has 4 rings (SSSR count).